The van der Waals surface area contributed by atoms with Crippen LogP contribution in [0.1, 0.15) is 22.3 Å². The Hall–Kier alpha value is -6.02. The maximum atomic E-state index is 15.5. The number of fused-ring (bicyclic) bond motifs is 2. The molecule has 8 rings (SSSR count). The Balaban J connectivity index is 1.55. The predicted molar refractivity (Wildman–Crippen MR) is 193 cm³/mol. The molecule has 0 bridgehead atoms. The maximum Gasteiger partial charge on any atom is 0.166 e. The molecular weight excluding hydrogens is 636 g/mol. The van der Waals surface area contributed by atoms with E-state index in [1.807, 2.05) is 92.4 Å². The van der Waals surface area contributed by atoms with Crippen LogP contribution in [0.25, 0.3) is 0 Å². The van der Waals surface area contributed by atoms with Crippen molar-refractivity contribution in [1.29, 1.82) is 0 Å². The molecule has 2 aliphatic heterocycles. The van der Waals surface area contributed by atoms with E-state index in [0.29, 0.717) is 79.4 Å². The fourth-order valence-corrected chi connectivity index (χ4v) is 6.67. The second kappa shape index (κ2) is 11.8. The highest BCUT2D eigenvalue weighted by Crippen LogP contribution is 2.57. The number of aryl methyl sites for hydroxylation is 4. The topological polar surface area (TPSA) is 13.0 Å². The van der Waals surface area contributed by atoms with Crippen LogP contribution < -0.4 is 19.6 Å². The van der Waals surface area contributed by atoms with E-state index >= 15 is 17.6 Å². The molecule has 0 saturated carbocycles. The molecule has 0 radical (unpaired) electrons. The Kier molecular flexibility index (Phi) is 7.40. The van der Waals surface area contributed by atoms with E-state index < -0.39 is 23.3 Å². The number of benzene rings is 6. The quantitative estimate of drug-likeness (QED) is 0.173. The van der Waals surface area contributed by atoms with Gasteiger partial charge >= 0.3 is 0 Å². The van der Waals surface area contributed by atoms with Gasteiger partial charge in [0.05, 0.1) is 45.5 Å². The van der Waals surface area contributed by atoms with E-state index in [-0.39, 0.29) is 0 Å². The van der Waals surface area contributed by atoms with Gasteiger partial charge in [-0.15, -0.1) is 0 Å². The molecule has 0 spiro atoms. The van der Waals surface area contributed by atoms with Gasteiger partial charge in [0.2, 0.25) is 0 Å². The zero-order chi connectivity index (χ0) is 34.8. The summed E-state index contributed by atoms with van der Waals surface area (Å²) in [5, 5.41) is 0. The molecule has 0 fully saturated rings. The van der Waals surface area contributed by atoms with Crippen molar-refractivity contribution in [2.24, 2.45) is 0 Å². The van der Waals surface area contributed by atoms with Gasteiger partial charge in [-0.2, -0.15) is 0 Å². The number of halogens is 4. The van der Waals surface area contributed by atoms with Gasteiger partial charge < -0.3 is 0 Å². The Bertz CT molecular complexity index is 2040. The Morgan fingerprint density at radius 3 is 0.740 bits per heavy atom. The normalized spacial score (nSPS) is 13.8. The van der Waals surface area contributed by atoms with Crippen LogP contribution in [-0.2, 0) is 0 Å². The minimum Gasteiger partial charge on any atom is -0.291 e. The fraction of sp³-hybridized carbons (Fsp3) is 0.0952. The third-order valence-electron chi connectivity index (χ3n) is 9.43. The van der Waals surface area contributed by atoms with Crippen LogP contribution in [0, 0.1) is 51.0 Å². The second-order valence-corrected chi connectivity index (χ2v) is 12.7. The minimum absolute atomic E-state index is 0.395. The first-order valence-corrected chi connectivity index (χ1v) is 16.3. The minimum atomic E-state index is -0.395. The van der Waals surface area contributed by atoms with Crippen LogP contribution in [0.3, 0.4) is 0 Å². The van der Waals surface area contributed by atoms with Gasteiger partial charge in [0.15, 0.2) is 11.6 Å². The number of hydrogen-bond donors (Lipinski definition) is 0. The van der Waals surface area contributed by atoms with Gasteiger partial charge in [-0.25, -0.2) is 17.6 Å². The molecule has 0 atom stereocenters. The summed E-state index contributed by atoms with van der Waals surface area (Å²) < 4.78 is 61.9. The van der Waals surface area contributed by atoms with Crippen molar-refractivity contribution in [2.45, 2.75) is 27.7 Å². The summed E-state index contributed by atoms with van der Waals surface area (Å²) in [6, 6.07) is 35.3. The third kappa shape index (κ3) is 4.90. The highest BCUT2D eigenvalue weighted by Gasteiger charge is 2.44. The summed E-state index contributed by atoms with van der Waals surface area (Å²) in [6.07, 6.45) is 0. The first kappa shape index (κ1) is 31.3. The summed E-state index contributed by atoms with van der Waals surface area (Å²) in [7, 11) is 0. The Morgan fingerprint density at radius 2 is 0.540 bits per heavy atom. The van der Waals surface area contributed by atoms with Crippen LogP contribution in [0.2, 0.25) is 0 Å². The van der Waals surface area contributed by atoms with Gasteiger partial charge in [0, 0.05) is 0 Å². The lowest BCUT2D eigenvalue weighted by Crippen LogP contribution is -2.33. The summed E-state index contributed by atoms with van der Waals surface area (Å²) >= 11 is 0. The largest absolute Gasteiger partial charge is 0.291 e. The van der Waals surface area contributed by atoms with Gasteiger partial charge in [-0.1, -0.05) is 48.5 Å². The predicted octanol–water partition coefficient (Wildman–Crippen LogP) is 11.9. The first-order valence-electron chi connectivity index (χ1n) is 16.3. The van der Waals surface area contributed by atoms with E-state index in [4.69, 9.17) is 0 Å². The maximum absolute atomic E-state index is 15.5. The molecule has 248 valence electrons. The molecule has 0 N–H and O–H groups in total. The molecule has 2 aliphatic rings. The number of anilines is 8. The van der Waals surface area contributed by atoms with Gasteiger partial charge in [0.1, 0.15) is 23.3 Å². The van der Waals surface area contributed by atoms with E-state index in [1.54, 1.807) is 52.0 Å². The number of rotatable bonds is 4. The van der Waals surface area contributed by atoms with Gasteiger partial charge in [0.25, 0.3) is 0 Å². The molecule has 0 unspecified atom stereocenters. The first-order chi connectivity index (χ1) is 24.1. The van der Waals surface area contributed by atoms with Crippen molar-refractivity contribution in [2.75, 3.05) is 19.6 Å². The van der Waals surface area contributed by atoms with Gasteiger partial charge in [-0.05, 0) is 123 Å². The van der Waals surface area contributed by atoms with E-state index in [0.717, 1.165) is 0 Å². The van der Waals surface area contributed by atoms with Crippen molar-refractivity contribution in [3.8, 4) is 0 Å². The summed E-state index contributed by atoms with van der Waals surface area (Å²) in [5.74, 6) is -0.586. The standard InChI is InChI=1S/C42H32F4N4/c1-25-13-17-29(21-33(25)43)47-37-9-5-6-10-38(37)48(30-18-14-26(2)34(44)22-30)41(47)42-49(31-19-15-27(3)35(45)23-31)39-11-7-8-12-40(39)50(42)32-20-16-28(4)36(46)24-32/h5-24H,1-4H3. The average Bonchev–Trinajstić information content (AvgIpc) is 3.63. The molecule has 0 aromatic heterocycles. The molecule has 6 aromatic carbocycles. The highest BCUT2D eigenvalue weighted by atomic mass is 19.1. The number of nitrogens with zero attached hydrogens (tertiary/aromatic N) is 4. The molecule has 0 saturated heterocycles. The monoisotopic (exact) mass is 668 g/mol. The molecule has 50 heavy (non-hydrogen) atoms. The van der Waals surface area contributed by atoms with Crippen molar-refractivity contribution in [1.82, 2.24) is 0 Å². The van der Waals surface area contributed by atoms with E-state index in [2.05, 4.69) is 0 Å². The van der Waals surface area contributed by atoms with Crippen LogP contribution in [0.15, 0.2) is 133 Å². The summed E-state index contributed by atoms with van der Waals surface area (Å²) in [4.78, 5) is 7.69. The third-order valence-corrected chi connectivity index (χ3v) is 9.43. The van der Waals surface area contributed by atoms with Crippen LogP contribution >= 0.6 is 0 Å². The smallest absolute Gasteiger partial charge is 0.166 e. The fourth-order valence-electron chi connectivity index (χ4n) is 6.67. The number of hydrogen-bond acceptors (Lipinski definition) is 4. The Morgan fingerprint density at radius 1 is 0.320 bits per heavy atom. The zero-order valence-corrected chi connectivity index (χ0v) is 27.8. The molecule has 8 heteroatoms. The summed E-state index contributed by atoms with van der Waals surface area (Å²) in [6.45, 7) is 6.80. The van der Waals surface area contributed by atoms with Crippen LogP contribution in [-0.4, -0.2) is 0 Å². The van der Waals surface area contributed by atoms with Crippen LogP contribution in [0.4, 0.5) is 63.1 Å². The molecule has 6 aromatic rings. The molecule has 0 aliphatic carbocycles. The lowest BCUT2D eigenvalue weighted by molar-refractivity contribution is 0.617. The van der Waals surface area contributed by atoms with Crippen molar-refractivity contribution >= 4 is 45.5 Å². The Labute approximate surface area is 288 Å². The second-order valence-electron chi connectivity index (χ2n) is 12.7. The average molecular weight is 669 g/mol. The molecule has 0 amide bonds. The highest BCUT2D eigenvalue weighted by molar-refractivity contribution is 6.00. The number of para-hydroxylation sites is 4. The van der Waals surface area contributed by atoms with E-state index in [1.165, 1.54) is 24.3 Å². The molecule has 4 nitrogen and oxygen atoms in total. The van der Waals surface area contributed by atoms with E-state index in [9.17, 15) is 0 Å². The molecular formula is C42H32F4N4. The lowest BCUT2D eigenvalue weighted by atomic mass is 10.1. The van der Waals surface area contributed by atoms with Gasteiger partial charge in [-0.3, -0.25) is 19.6 Å². The SMILES string of the molecule is Cc1ccc(N2C(=C3N(c4ccc(C)c(F)c4)c4ccccc4N3c3ccc(C)c(F)c3)N(c3ccc(C)c(F)c3)c3ccccc32)cc1F. The van der Waals surface area contributed by atoms with Crippen molar-refractivity contribution in [3.63, 3.8) is 0 Å². The summed E-state index contributed by atoms with van der Waals surface area (Å²) in [5.41, 5.74) is 6.81. The lowest BCUT2D eigenvalue weighted by Gasteiger charge is -2.34. The molecule has 2 heterocycles. The zero-order valence-electron chi connectivity index (χ0n) is 27.8. The van der Waals surface area contributed by atoms with Crippen LogP contribution in [0.5, 0.6) is 0 Å². The van der Waals surface area contributed by atoms with Crippen molar-refractivity contribution < 1.29 is 17.6 Å². The van der Waals surface area contributed by atoms with Crippen molar-refractivity contribution in [3.05, 3.63) is 178 Å².